The molecule has 1 aromatic heterocycles. The number of anilines is 1. The molecule has 2 aromatic rings. The van der Waals surface area contributed by atoms with E-state index in [0.29, 0.717) is 37.4 Å². The molecular formula is C18H25N7O3. The summed E-state index contributed by atoms with van der Waals surface area (Å²) in [6.45, 7) is 6.65. The number of aromatic amines is 1. The van der Waals surface area contributed by atoms with Crippen LogP contribution in [0.3, 0.4) is 0 Å². The van der Waals surface area contributed by atoms with E-state index in [1.165, 1.54) is 0 Å². The van der Waals surface area contributed by atoms with E-state index in [-0.39, 0.29) is 18.2 Å². The van der Waals surface area contributed by atoms with Crippen LogP contribution >= 0.6 is 0 Å². The van der Waals surface area contributed by atoms with Crippen LogP contribution in [-0.4, -0.2) is 62.4 Å². The van der Waals surface area contributed by atoms with E-state index in [0.717, 1.165) is 5.56 Å². The van der Waals surface area contributed by atoms with Gasteiger partial charge in [0, 0.05) is 30.4 Å². The lowest BCUT2D eigenvalue weighted by Crippen LogP contribution is -2.48. The predicted octanol–water partition coefficient (Wildman–Crippen LogP) is 2.39. The third kappa shape index (κ3) is 5.41. The van der Waals surface area contributed by atoms with Gasteiger partial charge in [0.05, 0.1) is 0 Å². The van der Waals surface area contributed by atoms with Crippen LogP contribution in [0, 0.1) is 0 Å². The smallest absolute Gasteiger partial charge is 0.410 e. The first-order valence-corrected chi connectivity index (χ1v) is 9.19. The third-order valence-corrected chi connectivity index (χ3v) is 4.23. The highest BCUT2D eigenvalue weighted by atomic mass is 16.6. The highest BCUT2D eigenvalue weighted by molar-refractivity contribution is 5.89. The Labute approximate surface area is 163 Å². The van der Waals surface area contributed by atoms with E-state index in [1.54, 1.807) is 29.2 Å². The lowest BCUT2D eigenvalue weighted by molar-refractivity contribution is 0.0202. The Kier molecular flexibility index (Phi) is 5.76. The summed E-state index contributed by atoms with van der Waals surface area (Å²) in [7, 11) is 0. The number of benzene rings is 1. The highest BCUT2D eigenvalue weighted by Gasteiger charge is 2.27. The average molecular weight is 387 g/mol. The summed E-state index contributed by atoms with van der Waals surface area (Å²) in [4.78, 5) is 26.0. The van der Waals surface area contributed by atoms with Gasteiger partial charge in [0.2, 0.25) is 5.82 Å². The number of likely N-dealkylation sites (tertiary alicyclic amines) is 1. The van der Waals surface area contributed by atoms with Gasteiger partial charge in [-0.25, -0.2) is 9.59 Å². The van der Waals surface area contributed by atoms with Crippen molar-refractivity contribution in [1.29, 1.82) is 0 Å². The number of rotatable bonds is 3. The molecule has 3 amide bonds. The van der Waals surface area contributed by atoms with Crippen LogP contribution in [0.25, 0.3) is 11.4 Å². The number of hydrogen-bond acceptors (Lipinski definition) is 6. The summed E-state index contributed by atoms with van der Waals surface area (Å²) in [5, 5.41) is 19.5. The molecule has 0 bridgehead atoms. The number of aromatic nitrogens is 4. The fourth-order valence-electron chi connectivity index (χ4n) is 2.87. The molecule has 10 heteroatoms. The normalized spacial score (nSPS) is 15.2. The van der Waals surface area contributed by atoms with Crippen LogP contribution in [0.4, 0.5) is 15.3 Å². The SMILES string of the molecule is CC(C)(C)OC(=O)N1CCC(NC(=O)Nc2ccc(-c3nn[nH]n3)cc2)CC1. The van der Waals surface area contributed by atoms with Crippen molar-refractivity contribution in [3.63, 3.8) is 0 Å². The van der Waals surface area contributed by atoms with Crippen LogP contribution in [0.5, 0.6) is 0 Å². The van der Waals surface area contributed by atoms with Crippen molar-refractivity contribution >= 4 is 17.8 Å². The molecule has 0 saturated carbocycles. The van der Waals surface area contributed by atoms with Gasteiger partial charge in [0.15, 0.2) is 0 Å². The topological polar surface area (TPSA) is 125 Å². The minimum Gasteiger partial charge on any atom is -0.444 e. The first-order chi connectivity index (χ1) is 13.3. The van der Waals surface area contributed by atoms with Crippen molar-refractivity contribution in [3.8, 4) is 11.4 Å². The molecule has 1 fully saturated rings. The summed E-state index contributed by atoms with van der Waals surface area (Å²) in [5.41, 5.74) is 0.955. The monoisotopic (exact) mass is 387 g/mol. The molecule has 0 unspecified atom stereocenters. The highest BCUT2D eigenvalue weighted by Crippen LogP contribution is 2.18. The van der Waals surface area contributed by atoms with Gasteiger partial charge < -0.3 is 20.3 Å². The van der Waals surface area contributed by atoms with E-state index < -0.39 is 5.60 Å². The second kappa shape index (κ2) is 8.24. The molecule has 1 aliphatic heterocycles. The van der Waals surface area contributed by atoms with Crippen LogP contribution in [0.2, 0.25) is 0 Å². The molecule has 1 aliphatic rings. The number of nitrogens with one attached hydrogen (secondary N) is 3. The lowest BCUT2D eigenvalue weighted by atomic mass is 10.1. The Morgan fingerprint density at radius 1 is 1.18 bits per heavy atom. The maximum absolute atomic E-state index is 12.2. The average Bonchev–Trinajstić information content (AvgIpc) is 3.16. The number of urea groups is 1. The van der Waals surface area contributed by atoms with Gasteiger partial charge in [-0.15, -0.1) is 10.2 Å². The van der Waals surface area contributed by atoms with E-state index in [4.69, 9.17) is 4.74 Å². The van der Waals surface area contributed by atoms with Crippen LogP contribution in [0.15, 0.2) is 24.3 Å². The van der Waals surface area contributed by atoms with Crippen molar-refractivity contribution in [2.45, 2.75) is 45.3 Å². The van der Waals surface area contributed by atoms with Crippen LogP contribution in [0.1, 0.15) is 33.6 Å². The minimum atomic E-state index is -0.509. The van der Waals surface area contributed by atoms with Crippen LogP contribution in [-0.2, 0) is 4.74 Å². The first kappa shape index (κ1) is 19.6. The molecule has 10 nitrogen and oxygen atoms in total. The summed E-state index contributed by atoms with van der Waals surface area (Å²) >= 11 is 0. The number of nitrogens with zero attached hydrogens (tertiary/aromatic N) is 4. The fraction of sp³-hybridized carbons (Fsp3) is 0.500. The Morgan fingerprint density at radius 2 is 1.86 bits per heavy atom. The van der Waals surface area contributed by atoms with Crippen molar-refractivity contribution in [2.75, 3.05) is 18.4 Å². The number of hydrogen-bond donors (Lipinski definition) is 3. The number of amides is 3. The number of tetrazole rings is 1. The van der Waals surface area contributed by atoms with Crippen molar-refractivity contribution in [2.24, 2.45) is 0 Å². The zero-order valence-electron chi connectivity index (χ0n) is 16.2. The molecule has 3 rings (SSSR count). The predicted molar refractivity (Wildman–Crippen MR) is 103 cm³/mol. The van der Waals surface area contributed by atoms with E-state index in [2.05, 4.69) is 31.3 Å². The van der Waals surface area contributed by atoms with Crippen molar-refractivity contribution in [3.05, 3.63) is 24.3 Å². The molecule has 28 heavy (non-hydrogen) atoms. The van der Waals surface area contributed by atoms with E-state index in [1.807, 2.05) is 20.8 Å². The largest absolute Gasteiger partial charge is 0.444 e. The summed E-state index contributed by atoms with van der Waals surface area (Å²) in [6, 6.07) is 6.90. The molecule has 0 aliphatic carbocycles. The summed E-state index contributed by atoms with van der Waals surface area (Å²) in [5.74, 6) is 0.493. The number of carbonyl (C=O) groups excluding carboxylic acids is 2. The quantitative estimate of drug-likeness (QED) is 0.742. The second-order valence-corrected chi connectivity index (χ2v) is 7.65. The molecular weight excluding hydrogens is 362 g/mol. The minimum absolute atomic E-state index is 0.0114. The van der Waals surface area contributed by atoms with Gasteiger partial charge in [0.1, 0.15) is 5.60 Å². The maximum Gasteiger partial charge on any atom is 0.410 e. The second-order valence-electron chi connectivity index (χ2n) is 7.65. The van der Waals surface area contributed by atoms with Crippen molar-refractivity contribution < 1.29 is 14.3 Å². The first-order valence-electron chi connectivity index (χ1n) is 9.19. The Hall–Kier alpha value is -3.17. The van der Waals surface area contributed by atoms with Gasteiger partial charge in [-0.3, -0.25) is 0 Å². The van der Waals surface area contributed by atoms with Gasteiger partial charge in [-0.1, -0.05) is 0 Å². The van der Waals surface area contributed by atoms with Crippen molar-refractivity contribution in [1.82, 2.24) is 30.8 Å². The molecule has 1 aromatic carbocycles. The standard InChI is InChI=1S/C18H25N7O3/c1-18(2,3)28-17(27)25-10-8-14(9-11-25)20-16(26)19-13-6-4-12(5-7-13)15-21-23-24-22-15/h4-7,14H,8-11H2,1-3H3,(H2,19,20,26)(H,21,22,23,24). The molecule has 3 N–H and O–H groups in total. The van der Waals surface area contributed by atoms with Gasteiger partial charge >= 0.3 is 12.1 Å². The summed E-state index contributed by atoms with van der Waals surface area (Å²) in [6.07, 6.45) is 1.06. The maximum atomic E-state index is 12.2. The zero-order valence-corrected chi connectivity index (χ0v) is 16.2. The summed E-state index contributed by atoms with van der Waals surface area (Å²) < 4.78 is 5.38. The fourth-order valence-corrected chi connectivity index (χ4v) is 2.87. The van der Waals surface area contributed by atoms with Gasteiger partial charge in [0.25, 0.3) is 0 Å². The zero-order chi connectivity index (χ0) is 20.1. The molecule has 0 radical (unpaired) electrons. The number of piperidine rings is 1. The Bertz CT molecular complexity index is 792. The Balaban J connectivity index is 1.44. The van der Waals surface area contributed by atoms with Crippen LogP contribution < -0.4 is 10.6 Å². The molecule has 150 valence electrons. The van der Waals surface area contributed by atoms with E-state index >= 15 is 0 Å². The lowest BCUT2D eigenvalue weighted by Gasteiger charge is -2.33. The molecule has 2 heterocycles. The van der Waals surface area contributed by atoms with E-state index in [9.17, 15) is 9.59 Å². The molecule has 1 saturated heterocycles. The molecule has 0 atom stereocenters. The third-order valence-electron chi connectivity index (χ3n) is 4.23. The number of ether oxygens (including phenoxy) is 1. The number of carbonyl (C=O) groups is 2. The number of H-pyrrole nitrogens is 1. The molecule has 0 spiro atoms. The van der Waals surface area contributed by atoms with Gasteiger partial charge in [-0.05, 0) is 63.1 Å². The Morgan fingerprint density at radius 3 is 2.43 bits per heavy atom. The van der Waals surface area contributed by atoms with Gasteiger partial charge in [-0.2, -0.15) is 5.21 Å².